The number of hydrogen-bond donors (Lipinski definition) is 2. The number of benzene rings is 1. The second-order valence-corrected chi connectivity index (χ2v) is 4.85. The predicted octanol–water partition coefficient (Wildman–Crippen LogP) is 2.08. The van der Waals surface area contributed by atoms with Crippen LogP contribution in [0.3, 0.4) is 0 Å². The fourth-order valence-electron chi connectivity index (χ4n) is 1.65. The maximum Gasteiger partial charge on any atom is 0.262 e. The molecule has 0 unspecified atom stereocenters. The first-order chi connectivity index (χ1) is 9.24. The van der Waals surface area contributed by atoms with Crippen LogP contribution in [0.1, 0.15) is 5.56 Å². The Morgan fingerprint density at radius 3 is 3.00 bits per heavy atom. The van der Waals surface area contributed by atoms with E-state index in [-0.39, 0.29) is 11.4 Å². The van der Waals surface area contributed by atoms with Crippen LogP contribution in [-0.4, -0.2) is 20.2 Å². The predicted molar refractivity (Wildman–Crippen MR) is 70.5 cm³/mol. The molecule has 0 aliphatic carbocycles. The number of halogens is 1. The summed E-state index contributed by atoms with van der Waals surface area (Å²) in [5.41, 5.74) is 0.745. The smallest absolute Gasteiger partial charge is 0.262 e. The lowest BCUT2D eigenvalue weighted by Crippen LogP contribution is -2.08. The Morgan fingerprint density at radius 2 is 2.16 bits per heavy atom. The molecule has 0 amide bonds. The molecular weight excluding hydrogens is 267 g/mol. The molecule has 0 bridgehead atoms. The van der Waals surface area contributed by atoms with Crippen LogP contribution in [0, 0.1) is 5.82 Å². The highest BCUT2D eigenvalue weighted by molar-refractivity contribution is 7.98. The summed E-state index contributed by atoms with van der Waals surface area (Å²) >= 11 is 1.27. The molecule has 1 aromatic carbocycles. The molecule has 0 atom stereocenters. The van der Waals surface area contributed by atoms with Crippen LogP contribution in [0.15, 0.2) is 40.4 Å². The number of rotatable bonds is 3. The topological polar surface area (TPSA) is 74.4 Å². The summed E-state index contributed by atoms with van der Waals surface area (Å²) in [5.74, 6) is 0.134. The number of aromatic nitrogens is 4. The van der Waals surface area contributed by atoms with E-state index in [9.17, 15) is 9.18 Å². The largest absolute Gasteiger partial charge is 0.301 e. The first kappa shape index (κ1) is 11.9. The normalized spacial score (nSPS) is 11.0. The maximum atomic E-state index is 13.5. The number of nitrogens with zero attached hydrogens (tertiary/aromatic N) is 2. The van der Waals surface area contributed by atoms with Crippen molar-refractivity contribution >= 4 is 22.8 Å². The summed E-state index contributed by atoms with van der Waals surface area (Å²) in [7, 11) is 0. The molecule has 0 radical (unpaired) electrons. The molecule has 0 aliphatic rings. The molecule has 5 nitrogen and oxygen atoms in total. The highest BCUT2D eigenvalue weighted by Crippen LogP contribution is 2.20. The average Bonchev–Trinajstić information content (AvgIpc) is 2.87. The van der Waals surface area contributed by atoms with Crippen LogP contribution in [0.5, 0.6) is 0 Å². The fourth-order valence-corrected chi connectivity index (χ4v) is 2.50. The van der Waals surface area contributed by atoms with Crippen molar-refractivity contribution in [2.24, 2.45) is 0 Å². The van der Waals surface area contributed by atoms with Crippen molar-refractivity contribution in [1.82, 2.24) is 20.2 Å². The van der Waals surface area contributed by atoms with Crippen LogP contribution >= 0.6 is 11.8 Å². The zero-order valence-electron chi connectivity index (χ0n) is 9.68. The van der Waals surface area contributed by atoms with Crippen LogP contribution < -0.4 is 5.56 Å². The van der Waals surface area contributed by atoms with Gasteiger partial charge in [0.05, 0.1) is 6.20 Å². The van der Waals surface area contributed by atoms with Crippen LogP contribution in [0.4, 0.5) is 4.39 Å². The van der Waals surface area contributed by atoms with Crippen molar-refractivity contribution in [1.29, 1.82) is 0 Å². The first-order valence-electron chi connectivity index (χ1n) is 5.53. The number of H-pyrrole nitrogens is 2. The van der Waals surface area contributed by atoms with Gasteiger partial charge < -0.3 is 4.98 Å². The van der Waals surface area contributed by atoms with E-state index in [1.807, 2.05) is 0 Å². The molecule has 0 fully saturated rings. The number of nitrogens with one attached hydrogen (secondary N) is 2. The van der Waals surface area contributed by atoms with E-state index in [0.29, 0.717) is 27.5 Å². The lowest BCUT2D eigenvalue weighted by Gasteiger charge is -2.02. The van der Waals surface area contributed by atoms with E-state index in [1.54, 1.807) is 18.2 Å². The lowest BCUT2D eigenvalue weighted by molar-refractivity contribution is 0.617. The second kappa shape index (κ2) is 4.85. The van der Waals surface area contributed by atoms with Crippen molar-refractivity contribution in [3.63, 3.8) is 0 Å². The molecule has 2 aromatic heterocycles. The number of thioether (sulfide) groups is 1. The van der Waals surface area contributed by atoms with E-state index >= 15 is 0 Å². The molecule has 3 rings (SSSR count). The quantitative estimate of drug-likeness (QED) is 0.567. The van der Waals surface area contributed by atoms with Crippen molar-refractivity contribution < 1.29 is 4.39 Å². The Labute approximate surface area is 111 Å². The van der Waals surface area contributed by atoms with E-state index < -0.39 is 0 Å². The van der Waals surface area contributed by atoms with Gasteiger partial charge in [-0.1, -0.05) is 30.0 Å². The van der Waals surface area contributed by atoms with E-state index in [4.69, 9.17) is 0 Å². The molecule has 2 heterocycles. The van der Waals surface area contributed by atoms with Gasteiger partial charge in [0.25, 0.3) is 5.56 Å². The zero-order chi connectivity index (χ0) is 13.2. The molecule has 0 saturated heterocycles. The van der Waals surface area contributed by atoms with Crippen LogP contribution in [0.2, 0.25) is 0 Å². The molecule has 0 spiro atoms. The van der Waals surface area contributed by atoms with Gasteiger partial charge in [-0.3, -0.25) is 9.89 Å². The summed E-state index contributed by atoms with van der Waals surface area (Å²) < 4.78 is 13.5. The van der Waals surface area contributed by atoms with Gasteiger partial charge in [0.2, 0.25) is 0 Å². The van der Waals surface area contributed by atoms with Crippen LogP contribution in [0.25, 0.3) is 11.0 Å². The maximum absolute atomic E-state index is 13.5. The van der Waals surface area contributed by atoms with Crippen LogP contribution in [-0.2, 0) is 5.75 Å². The van der Waals surface area contributed by atoms with Gasteiger partial charge in [-0.15, -0.1) is 0 Å². The third kappa shape index (κ3) is 2.37. The number of hydrogen-bond acceptors (Lipinski definition) is 4. The minimum Gasteiger partial charge on any atom is -0.301 e. The summed E-state index contributed by atoms with van der Waals surface area (Å²) in [6.45, 7) is 0. The molecule has 96 valence electrons. The molecule has 3 aromatic rings. The SMILES string of the molecule is O=c1[nH]c(SCc2ccccc2F)nc2[nH]ncc12. The summed E-state index contributed by atoms with van der Waals surface area (Å²) in [5, 5.41) is 7.25. The Morgan fingerprint density at radius 1 is 1.32 bits per heavy atom. The van der Waals surface area contributed by atoms with Crippen molar-refractivity contribution in [3.05, 3.63) is 52.2 Å². The molecule has 19 heavy (non-hydrogen) atoms. The van der Waals surface area contributed by atoms with Crippen molar-refractivity contribution in [2.75, 3.05) is 0 Å². The Hall–Kier alpha value is -2.15. The monoisotopic (exact) mass is 276 g/mol. The highest BCUT2D eigenvalue weighted by Gasteiger charge is 2.07. The van der Waals surface area contributed by atoms with E-state index in [1.165, 1.54) is 24.0 Å². The first-order valence-corrected chi connectivity index (χ1v) is 6.52. The zero-order valence-corrected chi connectivity index (χ0v) is 10.5. The van der Waals surface area contributed by atoms with E-state index in [2.05, 4.69) is 20.2 Å². The third-order valence-corrected chi connectivity index (χ3v) is 3.54. The molecule has 0 aliphatic heterocycles. The van der Waals surface area contributed by atoms with Gasteiger partial charge in [0, 0.05) is 5.75 Å². The Bertz CT molecular complexity index is 782. The lowest BCUT2D eigenvalue weighted by atomic mass is 10.2. The van der Waals surface area contributed by atoms with Crippen molar-refractivity contribution in [2.45, 2.75) is 10.9 Å². The molecule has 7 heteroatoms. The number of aromatic amines is 2. The second-order valence-electron chi connectivity index (χ2n) is 3.88. The standard InChI is InChI=1S/C12H9FN4OS/c13-9-4-2-1-3-7(9)6-19-12-15-10-8(5-14-17-10)11(18)16-12/h1-5H,6H2,(H2,14,15,16,17,18). The summed E-state index contributed by atoms with van der Waals surface area (Å²) in [6, 6.07) is 6.52. The van der Waals surface area contributed by atoms with Gasteiger partial charge >= 0.3 is 0 Å². The molecule has 0 saturated carbocycles. The summed E-state index contributed by atoms with van der Waals surface area (Å²) in [6.07, 6.45) is 1.42. The van der Waals surface area contributed by atoms with Crippen molar-refractivity contribution in [3.8, 4) is 0 Å². The van der Waals surface area contributed by atoms with Gasteiger partial charge in [-0.25, -0.2) is 9.37 Å². The highest BCUT2D eigenvalue weighted by atomic mass is 32.2. The minimum atomic E-state index is -0.264. The fraction of sp³-hybridized carbons (Fsp3) is 0.0833. The average molecular weight is 276 g/mol. The Balaban J connectivity index is 1.86. The van der Waals surface area contributed by atoms with Gasteiger partial charge in [-0.05, 0) is 11.6 Å². The Kier molecular flexibility index (Phi) is 3.04. The van der Waals surface area contributed by atoms with Gasteiger partial charge in [0.15, 0.2) is 10.8 Å². The number of fused-ring (bicyclic) bond motifs is 1. The third-order valence-electron chi connectivity index (χ3n) is 2.62. The van der Waals surface area contributed by atoms with Gasteiger partial charge in [0.1, 0.15) is 11.2 Å². The minimum absolute atomic E-state index is 0.255. The summed E-state index contributed by atoms with van der Waals surface area (Å²) in [4.78, 5) is 18.5. The van der Waals surface area contributed by atoms with Gasteiger partial charge in [-0.2, -0.15) is 5.10 Å². The molecule has 2 N–H and O–H groups in total. The van der Waals surface area contributed by atoms with E-state index in [0.717, 1.165) is 0 Å². The molecular formula is C12H9FN4OS.